The fraction of sp³-hybridized carbons (Fsp3) is 0.393. The van der Waals surface area contributed by atoms with Gasteiger partial charge in [0.2, 0.25) is 15.9 Å². The van der Waals surface area contributed by atoms with Gasteiger partial charge >= 0.3 is 0 Å². The number of nitrogens with one attached hydrogen (secondary N) is 3. The highest BCUT2D eigenvalue weighted by molar-refractivity contribution is 7.92. The molecule has 0 aliphatic heterocycles. The van der Waals surface area contributed by atoms with E-state index in [1.54, 1.807) is 30.3 Å². The van der Waals surface area contributed by atoms with Crippen molar-refractivity contribution < 1.29 is 22.7 Å². The summed E-state index contributed by atoms with van der Waals surface area (Å²) in [7, 11) is 1.79. The molecule has 1 aromatic heterocycles. The number of hydrogen-bond donors (Lipinski definition) is 3. The average molecular weight is 605 g/mol. The first-order valence-electron chi connectivity index (χ1n) is 12.8. The second-order valence-corrected chi connectivity index (χ2v) is 12.9. The van der Waals surface area contributed by atoms with Gasteiger partial charge in [-0.3, -0.25) is 9.52 Å². The Kier molecular flexibility index (Phi) is 10.5. The van der Waals surface area contributed by atoms with Crippen LogP contribution in [0, 0.1) is 0 Å². The predicted octanol–water partition coefficient (Wildman–Crippen LogP) is 4.50. The van der Waals surface area contributed by atoms with Crippen LogP contribution in [0.4, 0.5) is 11.4 Å². The van der Waals surface area contributed by atoms with E-state index in [9.17, 15) is 13.2 Å². The number of benzene rings is 2. The molecule has 3 aromatic rings. The summed E-state index contributed by atoms with van der Waals surface area (Å²) in [5.41, 5.74) is 1.95. The van der Waals surface area contributed by atoms with E-state index < -0.39 is 15.9 Å². The second-order valence-electron chi connectivity index (χ2n) is 10.8. The van der Waals surface area contributed by atoms with Crippen molar-refractivity contribution in [3.05, 3.63) is 64.6 Å². The minimum absolute atomic E-state index is 0.176. The minimum Gasteiger partial charge on any atom is -0.492 e. The first-order valence-corrected chi connectivity index (χ1v) is 15.1. The molecule has 0 aliphatic carbocycles. The molecule has 0 atom stereocenters. The summed E-state index contributed by atoms with van der Waals surface area (Å²) in [6.07, 6.45) is 2.45. The summed E-state index contributed by atoms with van der Waals surface area (Å²) >= 11 is 6.38. The van der Waals surface area contributed by atoms with Crippen LogP contribution < -0.4 is 24.8 Å². The van der Waals surface area contributed by atoms with E-state index in [1.807, 2.05) is 34.9 Å². The van der Waals surface area contributed by atoms with E-state index in [-0.39, 0.29) is 39.1 Å². The van der Waals surface area contributed by atoms with Crippen LogP contribution in [-0.2, 0) is 22.0 Å². The van der Waals surface area contributed by atoms with Crippen molar-refractivity contribution in [2.75, 3.05) is 50.6 Å². The van der Waals surface area contributed by atoms with E-state index in [0.717, 1.165) is 30.6 Å². The third-order valence-corrected chi connectivity index (χ3v) is 6.75. The average Bonchev–Trinajstić information content (AvgIpc) is 2.86. The minimum atomic E-state index is -3.61. The maximum absolute atomic E-state index is 13.4. The molecule has 2 aromatic carbocycles. The fourth-order valence-electron chi connectivity index (χ4n) is 3.73. The predicted molar refractivity (Wildman–Crippen MR) is 162 cm³/mol. The van der Waals surface area contributed by atoms with E-state index >= 15 is 0 Å². The monoisotopic (exact) mass is 604 g/mol. The third kappa shape index (κ3) is 9.56. The maximum Gasteiger partial charge on any atom is 0.255 e. The van der Waals surface area contributed by atoms with Gasteiger partial charge in [0.25, 0.3) is 5.91 Å². The Bertz CT molecular complexity index is 1490. The molecule has 0 spiro atoms. The van der Waals surface area contributed by atoms with E-state index in [4.69, 9.17) is 21.1 Å². The van der Waals surface area contributed by atoms with Crippen molar-refractivity contribution in [1.82, 2.24) is 20.2 Å². The van der Waals surface area contributed by atoms with Gasteiger partial charge in [0.05, 0.1) is 35.5 Å². The first-order chi connectivity index (χ1) is 19.2. The van der Waals surface area contributed by atoms with Gasteiger partial charge in [-0.15, -0.1) is 0 Å². The van der Waals surface area contributed by atoms with Crippen molar-refractivity contribution in [1.29, 1.82) is 0 Å². The molecule has 11 nitrogen and oxygen atoms in total. The zero-order valence-corrected chi connectivity index (χ0v) is 25.9. The van der Waals surface area contributed by atoms with Gasteiger partial charge in [-0.25, -0.2) is 18.4 Å². The number of carbonyl (C=O) groups excluding carboxylic acids is 1. The van der Waals surface area contributed by atoms with E-state index in [1.165, 1.54) is 19.5 Å². The summed E-state index contributed by atoms with van der Waals surface area (Å²) in [6.45, 7) is 8.16. The highest BCUT2D eigenvalue weighted by Crippen LogP contribution is 2.39. The van der Waals surface area contributed by atoms with Gasteiger partial charge in [-0.2, -0.15) is 0 Å². The highest BCUT2D eigenvalue weighted by Gasteiger charge is 2.23. The lowest BCUT2D eigenvalue weighted by Gasteiger charge is -2.24. The molecule has 0 bridgehead atoms. The standard InChI is InChI=1S/C28H37ClN6O5S/c1-28(2,3)19-13-22(26(39-6)23(14-19)34-41(7,37)38)33-27(36)18-8-9-21(29)24(12-18)40-25-15-20(31-17-32-25)16-30-10-11-35(4)5/h8-9,12-15,17,30,34H,10-11,16H2,1-7H3,(H,33,36). The number of likely N-dealkylation sites (N-methyl/N-ethyl adjacent to an activating group) is 1. The van der Waals surface area contributed by atoms with Crippen molar-refractivity contribution in [3.8, 4) is 17.4 Å². The smallest absolute Gasteiger partial charge is 0.255 e. The number of nitrogens with zero attached hydrogens (tertiary/aromatic N) is 3. The highest BCUT2D eigenvalue weighted by atomic mass is 35.5. The Balaban J connectivity index is 1.86. The number of hydrogen-bond acceptors (Lipinski definition) is 9. The van der Waals surface area contributed by atoms with Crippen molar-refractivity contribution in [3.63, 3.8) is 0 Å². The quantitative estimate of drug-likeness (QED) is 0.255. The Morgan fingerprint density at radius 2 is 1.78 bits per heavy atom. The van der Waals surface area contributed by atoms with Gasteiger partial charge in [0.1, 0.15) is 12.1 Å². The largest absolute Gasteiger partial charge is 0.492 e. The molecule has 3 rings (SSSR count). The summed E-state index contributed by atoms with van der Waals surface area (Å²) in [4.78, 5) is 23.9. The molecule has 3 N–H and O–H groups in total. The van der Waals surface area contributed by atoms with Gasteiger partial charge in [-0.05, 0) is 55.4 Å². The molecule has 0 fully saturated rings. The number of sulfonamides is 1. The maximum atomic E-state index is 13.4. The molecule has 13 heteroatoms. The summed E-state index contributed by atoms with van der Waals surface area (Å²) in [6, 6.07) is 9.76. The molecule has 0 aliphatic rings. The van der Waals surface area contributed by atoms with E-state index in [2.05, 4.69) is 30.2 Å². The summed E-state index contributed by atoms with van der Waals surface area (Å²) in [5.74, 6) is 0.212. The molecule has 0 unspecified atom stereocenters. The Hall–Kier alpha value is -3.45. The number of ether oxygens (including phenoxy) is 2. The lowest BCUT2D eigenvalue weighted by molar-refractivity contribution is 0.102. The van der Waals surface area contributed by atoms with Crippen LogP contribution in [0.15, 0.2) is 42.7 Å². The van der Waals surface area contributed by atoms with Gasteiger partial charge < -0.3 is 25.0 Å². The zero-order valence-electron chi connectivity index (χ0n) is 24.3. The summed E-state index contributed by atoms with van der Waals surface area (Å²) < 4.78 is 37.9. The van der Waals surface area contributed by atoms with Gasteiger partial charge in [0, 0.05) is 31.3 Å². The first kappa shape index (κ1) is 32.1. The fourth-order valence-corrected chi connectivity index (χ4v) is 4.44. The molecule has 1 amide bonds. The molecule has 0 saturated heterocycles. The third-order valence-electron chi connectivity index (χ3n) is 5.85. The lowest BCUT2D eigenvalue weighted by atomic mass is 9.86. The number of halogens is 1. The number of amides is 1. The van der Waals surface area contributed by atoms with Crippen LogP contribution in [0.1, 0.15) is 42.4 Å². The Labute approximate surface area is 246 Å². The van der Waals surface area contributed by atoms with Crippen molar-refractivity contribution in [2.45, 2.75) is 32.7 Å². The van der Waals surface area contributed by atoms with Gasteiger partial charge in [-0.1, -0.05) is 32.4 Å². The van der Waals surface area contributed by atoms with Crippen LogP contribution in [0.25, 0.3) is 0 Å². The zero-order chi connectivity index (χ0) is 30.4. The number of methoxy groups -OCH3 is 1. The molecule has 222 valence electrons. The topological polar surface area (TPSA) is 135 Å². The SMILES string of the molecule is COc1c(NC(=O)c2ccc(Cl)c(Oc3cc(CNCCN(C)C)ncn3)c2)cc(C(C)(C)C)cc1NS(C)(=O)=O. The lowest BCUT2D eigenvalue weighted by Crippen LogP contribution is -2.26. The molecule has 0 radical (unpaired) electrons. The van der Waals surface area contributed by atoms with Crippen LogP contribution >= 0.6 is 11.6 Å². The Morgan fingerprint density at radius 3 is 2.41 bits per heavy atom. The second kappa shape index (κ2) is 13.5. The molecule has 0 saturated carbocycles. The molecule has 41 heavy (non-hydrogen) atoms. The number of rotatable bonds is 12. The number of anilines is 2. The van der Waals surface area contributed by atoms with Crippen molar-refractivity contribution in [2.24, 2.45) is 0 Å². The number of carbonyl (C=O) groups is 1. The van der Waals surface area contributed by atoms with Crippen LogP contribution in [0.2, 0.25) is 5.02 Å². The van der Waals surface area contributed by atoms with Crippen LogP contribution in [0.3, 0.4) is 0 Å². The Morgan fingerprint density at radius 1 is 1.07 bits per heavy atom. The number of aromatic nitrogens is 2. The molecular weight excluding hydrogens is 568 g/mol. The van der Waals surface area contributed by atoms with Crippen LogP contribution in [-0.4, -0.2) is 69.7 Å². The van der Waals surface area contributed by atoms with E-state index in [0.29, 0.717) is 12.2 Å². The normalized spacial score (nSPS) is 11.8. The summed E-state index contributed by atoms with van der Waals surface area (Å²) in [5, 5.41) is 6.43. The molecule has 1 heterocycles. The van der Waals surface area contributed by atoms with Gasteiger partial charge in [0.15, 0.2) is 5.75 Å². The molecular formula is C28H37ClN6O5S. The van der Waals surface area contributed by atoms with Crippen molar-refractivity contribution >= 4 is 38.9 Å². The van der Waals surface area contributed by atoms with Crippen LogP contribution in [0.5, 0.6) is 17.4 Å².